The molecular formula is C30H29N3O5. The van der Waals surface area contributed by atoms with Crippen LogP contribution in [0.3, 0.4) is 0 Å². The number of hydrogen-bond acceptors (Lipinski definition) is 6. The van der Waals surface area contributed by atoms with E-state index in [2.05, 4.69) is 39.9 Å². The Bertz CT molecular complexity index is 1460. The minimum atomic E-state index is -0.930. The number of aromatic nitrogens is 2. The zero-order valence-corrected chi connectivity index (χ0v) is 20.9. The van der Waals surface area contributed by atoms with Crippen LogP contribution in [0, 0.1) is 11.8 Å². The Balaban J connectivity index is 1.20. The fraction of sp³-hybridized carbons (Fsp3) is 0.333. The maximum Gasteiger partial charge on any atom is 0.305 e. The molecule has 194 valence electrons. The van der Waals surface area contributed by atoms with E-state index in [4.69, 9.17) is 14.5 Å². The van der Waals surface area contributed by atoms with Gasteiger partial charge in [-0.15, -0.1) is 0 Å². The van der Waals surface area contributed by atoms with Crippen molar-refractivity contribution in [1.82, 2.24) is 15.6 Å². The summed E-state index contributed by atoms with van der Waals surface area (Å²) in [6.45, 7) is 0.540. The molecule has 0 spiro atoms. The summed E-state index contributed by atoms with van der Waals surface area (Å²) in [7, 11) is 0. The summed E-state index contributed by atoms with van der Waals surface area (Å²) >= 11 is 0. The molecule has 1 heterocycles. The van der Waals surface area contributed by atoms with E-state index < -0.39 is 5.97 Å². The topological polar surface area (TPSA) is 115 Å². The first-order valence-electron chi connectivity index (χ1n) is 13.1. The van der Waals surface area contributed by atoms with Crippen molar-refractivity contribution in [2.75, 3.05) is 6.54 Å². The SMILES string of the molecule is O=C(O)CCNC(=O)c1ccc(C2(c3ccc(OCc4ccc5nonc5c4)cc3)CC3CCC2C3)cc1. The average Bonchev–Trinajstić information content (AvgIpc) is 3.68. The highest BCUT2D eigenvalue weighted by Gasteiger charge is 2.52. The van der Waals surface area contributed by atoms with Gasteiger partial charge >= 0.3 is 5.97 Å². The van der Waals surface area contributed by atoms with Gasteiger partial charge in [0.05, 0.1) is 6.42 Å². The monoisotopic (exact) mass is 511 g/mol. The number of carboxylic acids is 1. The Kier molecular flexibility index (Phi) is 6.31. The Morgan fingerprint density at radius 3 is 2.39 bits per heavy atom. The molecule has 8 nitrogen and oxygen atoms in total. The third-order valence-electron chi connectivity index (χ3n) is 8.23. The quantitative estimate of drug-likeness (QED) is 0.321. The third-order valence-corrected chi connectivity index (χ3v) is 8.23. The smallest absolute Gasteiger partial charge is 0.305 e. The molecule has 2 aliphatic carbocycles. The normalized spacial score (nSPS) is 22.0. The molecule has 38 heavy (non-hydrogen) atoms. The van der Waals surface area contributed by atoms with Crippen LogP contribution in [0.15, 0.2) is 71.4 Å². The first-order valence-corrected chi connectivity index (χ1v) is 13.1. The lowest BCUT2D eigenvalue weighted by molar-refractivity contribution is -0.136. The van der Waals surface area contributed by atoms with Gasteiger partial charge in [-0.2, -0.15) is 0 Å². The molecule has 3 unspecified atom stereocenters. The predicted octanol–water partition coefficient (Wildman–Crippen LogP) is 5.11. The number of fused-ring (bicyclic) bond motifs is 3. The van der Waals surface area contributed by atoms with Gasteiger partial charge < -0.3 is 15.2 Å². The first-order chi connectivity index (χ1) is 18.5. The van der Waals surface area contributed by atoms with Crippen molar-refractivity contribution in [2.45, 2.75) is 44.1 Å². The van der Waals surface area contributed by atoms with Gasteiger partial charge in [0.15, 0.2) is 0 Å². The molecule has 0 saturated heterocycles. The number of carbonyl (C=O) groups is 2. The number of rotatable bonds is 9. The highest BCUT2D eigenvalue weighted by atomic mass is 16.6. The average molecular weight is 512 g/mol. The number of carbonyl (C=O) groups excluding carboxylic acids is 1. The van der Waals surface area contributed by atoms with Crippen molar-refractivity contribution < 1.29 is 24.1 Å². The van der Waals surface area contributed by atoms with E-state index in [1.165, 1.54) is 30.4 Å². The van der Waals surface area contributed by atoms with E-state index >= 15 is 0 Å². The van der Waals surface area contributed by atoms with Crippen LogP contribution >= 0.6 is 0 Å². The molecule has 0 radical (unpaired) electrons. The molecular weight excluding hydrogens is 482 g/mol. The summed E-state index contributed by atoms with van der Waals surface area (Å²) < 4.78 is 10.8. The highest BCUT2D eigenvalue weighted by molar-refractivity contribution is 5.94. The molecule has 0 aliphatic heterocycles. The Morgan fingerprint density at radius 2 is 1.71 bits per heavy atom. The fourth-order valence-corrected chi connectivity index (χ4v) is 6.44. The molecule has 2 bridgehead atoms. The van der Waals surface area contributed by atoms with Crippen molar-refractivity contribution >= 4 is 22.9 Å². The van der Waals surface area contributed by atoms with Gasteiger partial charge in [0, 0.05) is 17.5 Å². The molecule has 8 heteroatoms. The van der Waals surface area contributed by atoms with Crippen molar-refractivity contribution in [3.63, 3.8) is 0 Å². The summed E-state index contributed by atoms with van der Waals surface area (Å²) in [6, 6.07) is 22.1. The van der Waals surface area contributed by atoms with E-state index in [0.29, 0.717) is 23.6 Å². The maximum atomic E-state index is 12.5. The molecule has 2 fully saturated rings. The van der Waals surface area contributed by atoms with Crippen LogP contribution in [-0.2, 0) is 16.8 Å². The Hall–Kier alpha value is -4.20. The van der Waals surface area contributed by atoms with Crippen LogP contribution in [-0.4, -0.2) is 33.8 Å². The standard InChI is InChI=1S/C30H29N3O5/c34-28(35)13-14-31-29(36)21-3-6-22(7-4-21)30(17-19-1-5-24(30)15-19)23-8-10-25(11-9-23)37-18-20-2-12-26-27(16-20)33-38-32-26/h2-4,6-12,16,19,24H,1,5,13-15,17-18H2,(H,31,36)(H,34,35). The lowest BCUT2D eigenvalue weighted by Crippen LogP contribution is -2.34. The molecule has 2 saturated carbocycles. The molecule has 2 aliphatic rings. The molecule has 2 N–H and O–H groups in total. The minimum Gasteiger partial charge on any atom is -0.489 e. The van der Waals surface area contributed by atoms with Crippen molar-refractivity contribution in [3.05, 3.63) is 89.0 Å². The van der Waals surface area contributed by atoms with Crippen LogP contribution in [0.25, 0.3) is 11.0 Å². The van der Waals surface area contributed by atoms with E-state index in [-0.39, 0.29) is 24.3 Å². The number of aliphatic carboxylic acids is 1. The van der Waals surface area contributed by atoms with E-state index in [0.717, 1.165) is 29.2 Å². The summed E-state index contributed by atoms with van der Waals surface area (Å²) in [4.78, 5) is 23.2. The number of hydrogen-bond donors (Lipinski definition) is 2. The van der Waals surface area contributed by atoms with Gasteiger partial charge in [0.25, 0.3) is 5.91 Å². The zero-order chi connectivity index (χ0) is 26.1. The Morgan fingerprint density at radius 1 is 0.974 bits per heavy atom. The second kappa shape index (κ2) is 9.93. The van der Waals surface area contributed by atoms with Gasteiger partial charge in [-0.1, -0.05) is 36.8 Å². The second-order valence-electron chi connectivity index (χ2n) is 10.4. The zero-order valence-electron chi connectivity index (χ0n) is 20.9. The van der Waals surface area contributed by atoms with E-state index in [9.17, 15) is 9.59 Å². The maximum absolute atomic E-state index is 12.5. The van der Waals surface area contributed by atoms with Crippen LogP contribution < -0.4 is 10.1 Å². The molecule has 1 aromatic heterocycles. The van der Waals surface area contributed by atoms with Gasteiger partial charge in [-0.25, -0.2) is 4.63 Å². The van der Waals surface area contributed by atoms with Gasteiger partial charge in [-0.3, -0.25) is 9.59 Å². The number of amides is 1. The first kappa shape index (κ1) is 24.2. The van der Waals surface area contributed by atoms with Crippen LogP contribution in [0.1, 0.15) is 59.2 Å². The summed E-state index contributed by atoms with van der Waals surface area (Å²) in [5.41, 5.74) is 5.41. The van der Waals surface area contributed by atoms with Crippen LogP contribution in [0.5, 0.6) is 5.75 Å². The molecule has 3 atom stereocenters. The van der Waals surface area contributed by atoms with Gasteiger partial charge in [-0.05, 0) is 94.5 Å². The highest BCUT2D eigenvalue weighted by Crippen LogP contribution is 2.60. The van der Waals surface area contributed by atoms with Crippen molar-refractivity contribution in [2.24, 2.45) is 11.8 Å². The number of nitrogens with one attached hydrogen (secondary N) is 1. The minimum absolute atomic E-state index is 0.0786. The summed E-state index contributed by atoms with van der Waals surface area (Å²) in [5, 5.41) is 19.2. The second-order valence-corrected chi connectivity index (χ2v) is 10.4. The van der Waals surface area contributed by atoms with Crippen LogP contribution in [0.2, 0.25) is 0 Å². The number of carboxylic acid groups (broad SMARTS) is 1. The molecule has 4 aromatic rings. The number of benzene rings is 3. The lowest BCUT2D eigenvalue weighted by Gasteiger charge is -2.39. The summed E-state index contributed by atoms with van der Waals surface area (Å²) in [6.07, 6.45) is 4.73. The van der Waals surface area contributed by atoms with Crippen LogP contribution in [0.4, 0.5) is 0 Å². The van der Waals surface area contributed by atoms with E-state index in [1.54, 1.807) is 0 Å². The van der Waals surface area contributed by atoms with Crippen molar-refractivity contribution in [3.8, 4) is 5.75 Å². The lowest BCUT2D eigenvalue weighted by atomic mass is 9.64. The number of ether oxygens (including phenoxy) is 1. The summed E-state index contributed by atoms with van der Waals surface area (Å²) in [5.74, 6) is 0.910. The van der Waals surface area contributed by atoms with Crippen molar-refractivity contribution in [1.29, 1.82) is 0 Å². The predicted molar refractivity (Wildman–Crippen MR) is 140 cm³/mol. The molecule has 3 aromatic carbocycles. The molecule has 6 rings (SSSR count). The number of nitrogens with zero attached hydrogens (tertiary/aromatic N) is 2. The third kappa shape index (κ3) is 4.51. The molecule has 1 amide bonds. The van der Waals surface area contributed by atoms with Gasteiger partial charge in [0.2, 0.25) is 0 Å². The van der Waals surface area contributed by atoms with E-state index in [1.807, 2.05) is 42.5 Å². The largest absolute Gasteiger partial charge is 0.489 e. The van der Waals surface area contributed by atoms with Gasteiger partial charge in [0.1, 0.15) is 23.4 Å². The Labute approximate surface area is 220 Å². The fourth-order valence-electron chi connectivity index (χ4n) is 6.44.